The zero-order chi connectivity index (χ0) is 20.4. The van der Waals surface area contributed by atoms with Crippen LogP contribution in [0.15, 0.2) is 36.4 Å². The second-order valence-corrected chi connectivity index (χ2v) is 7.64. The van der Waals surface area contributed by atoms with E-state index in [-0.39, 0.29) is 17.9 Å². The van der Waals surface area contributed by atoms with Crippen molar-refractivity contribution in [3.8, 4) is 17.1 Å². The molecule has 3 aromatic rings. The normalized spacial score (nSPS) is 15.1. The Hall–Kier alpha value is -3.16. The van der Waals surface area contributed by atoms with E-state index in [0.29, 0.717) is 11.5 Å². The molecule has 1 saturated heterocycles. The van der Waals surface area contributed by atoms with Crippen LogP contribution in [0.2, 0.25) is 0 Å². The number of nitrogens with one attached hydrogen (secondary N) is 1. The third-order valence-corrected chi connectivity index (χ3v) is 5.22. The van der Waals surface area contributed by atoms with E-state index in [1.54, 1.807) is 11.6 Å². The summed E-state index contributed by atoms with van der Waals surface area (Å²) in [5, 5.41) is 16.3. The maximum absolute atomic E-state index is 12.3. The number of ether oxygens (including phenoxy) is 1. The number of nitrogens with zero attached hydrogens (tertiary/aromatic N) is 5. The first-order valence-electron chi connectivity index (χ1n) is 9.97. The highest BCUT2D eigenvalue weighted by molar-refractivity contribution is 5.79. The summed E-state index contributed by atoms with van der Waals surface area (Å²) in [7, 11) is 1.64. The first kappa shape index (κ1) is 19.2. The molecule has 29 heavy (non-hydrogen) atoms. The van der Waals surface area contributed by atoms with Gasteiger partial charge >= 0.3 is 0 Å². The number of piperidine rings is 1. The van der Waals surface area contributed by atoms with Crippen LogP contribution >= 0.6 is 0 Å². The molecule has 1 aliphatic rings. The Morgan fingerprint density at radius 3 is 2.48 bits per heavy atom. The van der Waals surface area contributed by atoms with Crippen LogP contribution < -0.4 is 15.0 Å². The quantitative estimate of drug-likeness (QED) is 0.716. The average molecular weight is 394 g/mol. The third kappa shape index (κ3) is 4.01. The minimum Gasteiger partial charge on any atom is -0.497 e. The highest BCUT2D eigenvalue weighted by Gasteiger charge is 2.26. The molecule has 0 spiro atoms. The molecule has 1 aromatic carbocycles. The molecule has 4 rings (SSSR count). The fraction of sp³-hybridized carbons (Fsp3) is 0.429. The molecule has 0 unspecified atom stereocenters. The molecule has 0 atom stereocenters. The number of hydrogen-bond acceptors (Lipinski definition) is 6. The van der Waals surface area contributed by atoms with Crippen molar-refractivity contribution in [1.29, 1.82) is 0 Å². The maximum Gasteiger partial charge on any atom is 0.223 e. The summed E-state index contributed by atoms with van der Waals surface area (Å²) in [5.41, 5.74) is 1.62. The first-order valence-corrected chi connectivity index (χ1v) is 9.97. The summed E-state index contributed by atoms with van der Waals surface area (Å²) >= 11 is 0. The summed E-state index contributed by atoms with van der Waals surface area (Å²) in [4.78, 5) is 14.5. The van der Waals surface area contributed by atoms with E-state index in [9.17, 15) is 4.79 Å². The molecule has 8 heteroatoms. The van der Waals surface area contributed by atoms with Gasteiger partial charge in [-0.25, -0.2) is 0 Å². The monoisotopic (exact) mass is 394 g/mol. The highest BCUT2D eigenvalue weighted by Crippen LogP contribution is 2.25. The topological polar surface area (TPSA) is 84.7 Å². The van der Waals surface area contributed by atoms with Gasteiger partial charge in [0.1, 0.15) is 11.6 Å². The summed E-state index contributed by atoms with van der Waals surface area (Å²) in [5.74, 6) is 2.58. The van der Waals surface area contributed by atoms with Gasteiger partial charge in [0, 0.05) is 30.6 Å². The Labute approximate surface area is 169 Å². The third-order valence-electron chi connectivity index (χ3n) is 5.22. The smallest absolute Gasteiger partial charge is 0.223 e. The van der Waals surface area contributed by atoms with Gasteiger partial charge in [-0.05, 0) is 63.1 Å². The van der Waals surface area contributed by atoms with Gasteiger partial charge in [-0.15, -0.1) is 15.3 Å². The van der Waals surface area contributed by atoms with Gasteiger partial charge < -0.3 is 15.0 Å². The van der Waals surface area contributed by atoms with Gasteiger partial charge in [0.15, 0.2) is 11.5 Å². The van der Waals surface area contributed by atoms with Gasteiger partial charge in [-0.1, -0.05) is 0 Å². The number of methoxy groups -OCH3 is 1. The number of rotatable bonds is 5. The second kappa shape index (κ2) is 8.06. The van der Waals surface area contributed by atoms with E-state index in [4.69, 9.17) is 9.84 Å². The summed E-state index contributed by atoms with van der Waals surface area (Å²) < 4.78 is 7.00. The Balaban J connectivity index is 1.53. The van der Waals surface area contributed by atoms with Crippen LogP contribution in [0.4, 0.5) is 5.82 Å². The van der Waals surface area contributed by atoms with Crippen LogP contribution in [0.25, 0.3) is 17.0 Å². The van der Waals surface area contributed by atoms with Gasteiger partial charge in [-0.2, -0.15) is 4.52 Å². The lowest BCUT2D eigenvalue weighted by Crippen LogP contribution is -2.42. The van der Waals surface area contributed by atoms with Crippen molar-refractivity contribution in [2.24, 2.45) is 5.92 Å². The number of amides is 1. The van der Waals surface area contributed by atoms with Gasteiger partial charge in [-0.3, -0.25) is 4.79 Å². The zero-order valence-corrected chi connectivity index (χ0v) is 17.0. The van der Waals surface area contributed by atoms with E-state index in [1.807, 2.05) is 50.2 Å². The zero-order valence-electron chi connectivity index (χ0n) is 17.0. The van der Waals surface area contributed by atoms with Crippen LogP contribution in [-0.4, -0.2) is 52.0 Å². The van der Waals surface area contributed by atoms with Crippen LogP contribution in [0, 0.1) is 5.92 Å². The number of benzene rings is 1. The van der Waals surface area contributed by atoms with Crippen molar-refractivity contribution < 1.29 is 9.53 Å². The van der Waals surface area contributed by atoms with Crippen molar-refractivity contribution >= 4 is 17.4 Å². The van der Waals surface area contributed by atoms with Crippen molar-refractivity contribution in [3.05, 3.63) is 36.4 Å². The predicted molar refractivity (Wildman–Crippen MR) is 111 cm³/mol. The van der Waals surface area contributed by atoms with Crippen molar-refractivity contribution in [3.63, 3.8) is 0 Å². The van der Waals surface area contributed by atoms with Crippen LogP contribution in [0.5, 0.6) is 5.75 Å². The first-order chi connectivity index (χ1) is 14.0. The summed E-state index contributed by atoms with van der Waals surface area (Å²) in [6.07, 6.45) is 1.65. The lowest BCUT2D eigenvalue weighted by molar-refractivity contribution is -0.126. The predicted octanol–water partition coefficient (Wildman–Crippen LogP) is 2.54. The van der Waals surface area contributed by atoms with Crippen LogP contribution in [0.3, 0.4) is 0 Å². The lowest BCUT2D eigenvalue weighted by Gasteiger charge is -2.32. The van der Waals surface area contributed by atoms with Crippen molar-refractivity contribution in [2.75, 3.05) is 25.1 Å². The minimum atomic E-state index is 0.0714. The Kier molecular flexibility index (Phi) is 5.33. The molecule has 152 valence electrons. The number of aromatic nitrogens is 4. The van der Waals surface area contributed by atoms with E-state index >= 15 is 0 Å². The molecule has 1 aliphatic heterocycles. The van der Waals surface area contributed by atoms with E-state index in [2.05, 4.69) is 20.4 Å². The molecular weight excluding hydrogens is 368 g/mol. The molecular formula is C21H26N6O2. The van der Waals surface area contributed by atoms with E-state index in [0.717, 1.165) is 43.1 Å². The number of fused-ring (bicyclic) bond motifs is 1. The van der Waals surface area contributed by atoms with Crippen molar-refractivity contribution in [2.45, 2.75) is 32.7 Å². The average Bonchev–Trinajstić information content (AvgIpc) is 3.16. The molecule has 0 bridgehead atoms. The molecule has 3 heterocycles. The number of carbonyl (C=O) groups excluding carboxylic acids is 1. The Bertz CT molecular complexity index is 990. The summed E-state index contributed by atoms with van der Waals surface area (Å²) in [6, 6.07) is 11.8. The highest BCUT2D eigenvalue weighted by atomic mass is 16.5. The van der Waals surface area contributed by atoms with Gasteiger partial charge in [0.25, 0.3) is 0 Å². The molecule has 0 radical (unpaired) electrons. The molecule has 1 N–H and O–H groups in total. The van der Waals surface area contributed by atoms with E-state index < -0.39 is 0 Å². The lowest BCUT2D eigenvalue weighted by atomic mass is 9.95. The maximum atomic E-state index is 12.3. The second-order valence-electron chi connectivity index (χ2n) is 7.64. The van der Waals surface area contributed by atoms with Gasteiger partial charge in [0.2, 0.25) is 5.91 Å². The molecule has 8 nitrogen and oxygen atoms in total. The fourth-order valence-electron chi connectivity index (χ4n) is 3.64. The number of hydrogen-bond donors (Lipinski definition) is 1. The molecule has 2 aromatic heterocycles. The molecule has 1 amide bonds. The van der Waals surface area contributed by atoms with E-state index in [1.165, 1.54) is 0 Å². The molecule has 0 aliphatic carbocycles. The van der Waals surface area contributed by atoms with Gasteiger partial charge in [0.05, 0.1) is 7.11 Å². The molecule has 0 saturated carbocycles. The number of carbonyl (C=O) groups is 1. The Morgan fingerprint density at radius 1 is 1.10 bits per heavy atom. The minimum absolute atomic E-state index is 0.0714. The largest absolute Gasteiger partial charge is 0.497 e. The summed E-state index contributed by atoms with van der Waals surface area (Å²) in [6.45, 7) is 5.58. The number of anilines is 1. The molecule has 1 fully saturated rings. The van der Waals surface area contributed by atoms with Crippen molar-refractivity contribution in [1.82, 2.24) is 25.1 Å². The van der Waals surface area contributed by atoms with Crippen LogP contribution in [-0.2, 0) is 4.79 Å². The SMILES string of the molecule is COc1ccc(-c2nnc3ccc(N4CCC(C(=O)NC(C)C)CC4)nn23)cc1. The standard InChI is InChI=1S/C21H26N6O2/c1-14(2)22-21(28)16-10-12-26(13-11-16)19-9-8-18-23-24-20(27(18)25-19)15-4-6-17(29-3)7-5-15/h4-9,14,16H,10-13H2,1-3H3,(H,22,28). The fourth-order valence-corrected chi connectivity index (χ4v) is 3.64. The van der Waals surface area contributed by atoms with Crippen LogP contribution in [0.1, 0.15) is 26.7 Å². The Morgan fingerprint density at radius 2 is 1.83 bits per heavy atom.